The average molecular weight is 278 g/mol. The van der Waals surface area contributed by atoms with Gasteiger partial charge in [0.05, 0.1) is 18.5 Å². The van der Waals surface area contributed by atoms with E-state index in [2.05, 4.69) is 15.1 Å². The number of thioether (sulfide) groups is 1. The Morgan fingerprint density at radius 3 is 2.95 bits per heavy atom. The van der Waals surface area contributed by atoms with Crippen LogP contribution in [-0.4, -0.2) is 26.9 Å². The lowest BCUT2D eigenvalue weighted by Crippen LogP contribution is -2.15. The molecule has 1 aliphatic heterocycles. The van der Waals surface area contributed by atoms with Crippen molar-refractivity contribution in [1.82, 2.24) is 19.7 Å². The number of fused-ring (bicyclic) bond motifs is 1. The van der Waals surface area contributed by atoms with Gasteiger partial charge in [-0.2, -0.15) is 16.9 Å². The van der Waals surface area contributed by atoms with Gasteiger partial charge in [0.1, 0.15) is 11.4 Å². The molecule has 0 aliphatic carbocycles. The number of rotatable bonds is 2. The molecule has 1 N–H and O–H groups in total. The highest BCUT2D eigenvalue weighted by molar-refractivity contribution is 7.98. The Bertz CT molecular complexity index is 704. The molecule has 1 aliphatic rings. The van der Waals surface area contributed by atoms with Gasteiger partial charge in [-0.3, -0.25) is 4.79 Å². The number of H-pyrrole nitrogens is 1. The molecule has 0 atom stereocenters. The van der Waals surface area contributed by atoms with E-state index in [1.165, 1.54) is 0 Å². The molecule has 0 aromatic carbocycles. The minimum atomic E-state index is -0.0599. The largest absolute Gasteiger partial charge is 0.481 e. The highest BCUT2D eigenvalue weighted by Crippen LogP contribution is 2.32. The van der Waals surface area contributed by atoms with Gasteiger partial charge in [-0.25, -0.2) is 9.67 Å². The van der Waals surface area contributed by atoms with Gasteiger partial charge >= 0.3 is 0 Å². The van der Waals surface area contributed by atoms with E-state index in [-0.39, 0.29) is 5.56 Å². The molecule has 19 heavy (non-hydrogen) atoms. The Balaban J connectivity index is 2.23. The summed E-state index contributed by atoms with van der Waals surface area (Å²) >= 11 is 1.71. The summed E-state index contributed by atoms with van der Waals surface area (Å²) in [6.07, 6.45) is 0. The molecular weight excluding hydrogens is 264 g/mol. The zero-order valence-corrected chi connectivity index (χ0v) is 11.8. The Labute approximate surface area is 114 Å². The van der Waals surface area contributed by atoms with E-state index in [9.17, 15) is 4.79 Å². The molecular formula is C12H14N4O2S. The van der Waals surface area contributed by atoms with Crippen molar-refractivity contribution in [3.63, 3.8) is 0 Å². The first-order valence-corrected chi connectivity index (χ1v) is 7.05. The SMILES string of the molecule is COc1c(-c2nc3c(c(=O)[nH]2)CSC3)c(C)nn1C. The average Bonchev–Trinajstić information content (AvgIpc) is 2.93. The Kier molecular flexibility index (Phi) is 2.85. The predicted octanol–water partition coefficient (Wildman–Crippen LogP) is 1.23. The number of methoxy groups -OCH3 is 1. The van der Waals surface area contributed by atoms with Gasteiger partial charge in [0, 0.05) is 24.1 Å². The Morgan fingerprint density at radius 1 is 1.42 bits per heavy atom. The van der Waals surface area contributed by atoms with E-state index >= 15 is 0 Å². The lowest BCUT2D eigenvalue weighted by Gasteiger charge is -2.06. The maximum atomic E-state index is 12.0. The lowest BCUT2D eigenvalue weighted by atomic mass is 10.2. The highest BCUT2D eigenvalue weighted by atomic mass is 32.2. The van der Waals surface area contributed by atoms with Crippen molar-refractivity contribution < 1.29 is 4.74 Å². The van der Waals surface area contributed by atoms with Crippen molar-refractivity contribution in [2.24, 2.45) is 7.05 Å². The third-order valence-electron chi connectivity index (χ3n) is 3.19. The number of hydrogen-bond donors (Lipinski definition) is 1. The second kappa shape index (κ2) is 4.41. The van der Waals surface area contributed by atoms with E-state index < -0.39 is 0 Å². The minimum absolute atomic E-state index is 0.0599. The van der Waals surface area contributed by atoms with Crippen LogP contribution in [0.1, 0.15) is 17.0 Å². The van der Waals surface area contributed by atoms with Crippen LogP contribution in [0.15, 0.2) is 4.79 Å². The van der Waals surface area contributed by atoms with E-state index in [1.807, 2.05) is 6.92 Å². The molecule has 0 bridgehead atoms. The lowest BCUT2D eigenvalue weighted by molar-refractivity contribution is 0.374. The quantitative estimate of drug-likeness (QED) is 0.894. The maximum absolute atomic E-state index is 12.0. The molecule has 2 aromatic heterocycles. The predicted molar refractivity (Wildman–Crippen MR) is 73.3 cm³/mol. The van der Waals surface area contributed by atoms with Crippen LogP contribution in [0.5, 0.6) is 5.88 Å². The molecule has 6 nitrogen and oxygen atoms in total. The maximum Gasteiger partial charge on any atom is 0.255 e. The smallest absolute Gasteiger partial charge is 0.255 e. The Morgan fingerprint density at radius 2 is 2.21 bits per heavy atom. The van der Waals surface area contributed by atoms with Crippen LogP contribution in [0.25, 0.3) is 11.4 Å². The van der Waals surface area contributed by atoms with Crippen molar-refractivity contribution in [3.05, 3.63) is 27.3 Å². The molecule has 0 saturated heterocycles. The van der Waals surface area contributed by atoms with Gasteiger partial charge in [-0.15, -0.1) is 0 Å². The van der Waals surface area contributed by atoms with Crippen LogP contribution in [-0.2, 0) is 18.6 Å². The van der Waals surface area contributed by atoms with E-state index in [0.29, 0.717) is 11.7 Å². The normalized spacial score (nSPS) is 13.6. The third kappa shape index (κ3) is 1.85. The molecule has 0 unspecified atom stereocenters. The van der Waals surface area contributed by atoms with Crippen molar-refractivity contribution in [3.8, 4) is 17.3 Å². The van der Waals surface area contributed by atoms with Crippen LogP contribution >= 0.6 is 11.8 Å². The van der Waals surface area contributed by atoms with E-state index in [1.54, 1.807) is 30.6 Å². The third-order valence-corrected chi connectivity index (χ3v) is 4.16. The van der Waals surface area contributed by atoms with Crippen molar-refractivity contribution in [2.45, 2.75) is 18.4 Å². The van der Waals surface area contributed by atoms with Gasteiger partial charge in [0.15, 0.2) is 0 Å². The minimum Gasteiger partial charge on any atom is -0.481 e. The fourth-order valence-corrected chi connectivity index (χ4v) is 3.36. The number of nitrogens with zero attached hydrogens (tertiary/aromatic N) is 3. The molecule has 3 rings (SSSR count). The number of aromatic nitrogens is 4. The Hall–Kier alpha value is -1.76. The van der Waals surface area contributed by atoms with Gasteiger partial charge in [0.2, 0.25) is 5.88 Å². The first-order valence-electron chi connectivity index (χ1n) is 5.89. The number of ether oxygens (including phenoxy) is 1. The summed E-state index contributed by atoms with van der Waals surface area (Å²) in [6.45, 7) is 1.87. The van der Waals surface area contributed by atoms with Crippen molar-refractivity contribution in [2.75, 3.05) is 7.11 Å². The second-order valence-corrected chi connectivity index (χ2v) is 5.41. The first-order chi connectivity index (χ1) is 9.11. The molecule has 2 aromatic rings. The first kappa shape index (κ1) is 12.3. The summed E-state index contributed by atoms with van der Waals surface area (Å²) in [7, 11) is 3.39. The molecule has 0 amide bonds. The van der Waals surface area contributed by atoms with Gasteiger partial charge in [0.25, 0.3) is 5.56 Å². The van der Waals surface area contributed by atoms with Gasteiger partial charge in [-0.05, 0) is 6.92 Å². The molecule has 7 heteroatoms. The highest BCUT2D eigenvalue weighted by Gasteiger charge is 2.22. The van der Waals surface area contributed by atoms with Gasteiger partial charge in [-0.1, -0.05) is 0 Å². The van der Waals surface area contributed by atoms with Crippen LogP contribution in [0.3, 0.4) is 0 Å². The van der Waals surface area contributed by atoms with Crippen LogP contribution < -0.4 is 10.3 Å². The molecule has 0 fully saturated rings. The molecule has 0 radical (unpaired) electrons. The number of aromatic amines is 1. The number of hydrogen-bond acceptors (Lipinski definition) is 5. The molecule has 3 heterocycles. The van der Waals surface area contributed by atoms with Crippen LogP contribution in [0.4, 0.5) is 0 Å². The number of nitrogens with one attached hydrogen (secondary N) is 1. The van der Waals surface area contributed by atoms with Crippen molar-refractivity contribution >= 4 is 11.8 Å². The standard InChI is InChI=1S/C12H14N4O2S/c1-6-9(12(18-3)16(2)15-6)10-13-8-5-19-4-7(8)11(17)14-10/h4-5H2,1-3H3,(H,13,14,17). The molecule has 100 valence electrons. The zero-order chi connectivity index (χ0) is 13.6. The molecule has 0 spiro atoms. The summed E-state index contributed by atoms with van der Waals surface area (Å²) in [5.41, 5.74) is 3.13. The van der Waals surface area contributed by atoms with Crippen molar-refractivity contribution in [1.29, 1.82) is 0 Å². The van der Waals surface area contributed by atoms with Gasteiger partial charge < -0.3 is 9.72 Å². The zero-order valence-electron chi connectivity index (χ0n) is 11.0. The fourth-order valence-electron chi connectivity index (χ4n) is 2.32. The summed E-state index contributed by atoms with van der Waals surface area (Å²) < 4.78 is 6.99. The van der Waals surface area contributed by atoms with Crippen LogP contribution in [0.2, 0.25) is 0 Å². The van der Waals surface area contributed by atoms with E-state index in [0.717, 1.165) is 34.0 Å². The second-order valence-electron chi connectivity index (χ2n) is 4.43. The van der Waals surface area contributed by atoms with E-state index in [4.69, 9.17) is 4.74 Å². The summed E-state index contributed by atoms with van der Waals surface area (Å²) in [5, 5.41) is 4.31. The number of aryl methyl sites for hydroxylation is 2. The fraction of sp³-hybridized carbons (Fsp3) is 0.417. The van der Waals surface area contributed by atoms with Crippen LogP contribution in [0, 0.1) is 6.92 Å². The molecule has 0 saturated carbocycles. The summed E-state index contributed by atoms with van der Waals surface area (Å²) in [6, 6.07) is 0. The summed E-state index contributed by atoms with van der Waals surface area (Å²) in [4.78, 5) is 19.4. The summed E-state index contributed by atoms with van der Waals surface area (Å²) in [5.74, 6) is 2.66. The topological polar surface area (TPSA) is 72.8 Å². The monoisotopic (exact) mass is 278 g/mol.